The Morgan fingerprint density at radius 2 is 2.21 bits per heavy atom. The Bertz CT molecular complexity index is 539. The number of nitrogens with zero attached hydrogens (tertiary/aromatic N) is 1. The largest absolute Gasteiger partial charge is 0.469 e. The molecule has 1 aromatic carbocycles. The number of ether oxygens (including phenoxy) is 1. The topological polar surface area (TPSA) is 67.2 Å². The molecule has 0 spiro atoms. The molecule has 0 aromatic heterocycles. The van der Waals surface area contributed by atoms with Crippen LogP contribution in [0.4, 0.5) is 4.39 Å². The fourth-order valence-electron chi connectivity index (χ4n) is 1.59. The molecule has 6 heteroatoms. The summed E-state index contributed by atoms with van der Waals surface area (Å²) in [6.45, 7) is 1.62. The molecule has 4 nitrogen and oxygen atoms in total. The summed E-state index contributed by atoms with van der Waals surface area (Å²) in [5.41, 5.74) is 0.667. The minimum absolute atomic E-state index is 0.105. The van der Waals surface area contributed by atoms with Crippen LogP contribution in [0.1, 0.15) is 18.1 Å². The molecule has 1 rings (SSSR count). The first-order valence-electron chi connectivity index (χ1n) is 5.58. The number of hydrogen-bond donors (Lipinski definition) is 0. The molecule has 0 aliphatic rings. The molecular weight excluding hydrogens is 269 g/mol. The molecule has 0 bridgehead atoms. The van der Waals surface area contributed by atoms with Gasteiger partial charge in [-0.1, -0.05) is 6.92 Å². The molecule has 0 heterocycles. The van der Waals surface area contributed by atoms with Gasteiger partial charge in [0.25, 0.3) is 0 Å². The highest BCUT2D eigenvalue weighted by molar-refractivity contribution is 7.84. The van der Waals surface area contributed by atoms with E-state index in [0.717, 1.165) is 6.07 Å². The molecule has 0 aliphatic heterocycles. The first-order chi connectivity index (χ1) is 8.96. The van der Waals surface area contributed by atoms with E-state index in [2.05, 4.69) is 4.74 Å². The maximum Gasteiger partial charge on any atom is 0.309 e. The number of benzene rings is 1. The van der Waals surface area contributed by atoms with Gasteiger partial charge < -0.3 is 4.74 Å². The number of halogens is 1. The lowest BCUT2D eigenvalue weighted by Gasteiger charge is -2.09. The standard InChI is InChI=1S/C13H14FNO3S/c1-9(13(16)18-2)7-19(17)8-11-3-10(6-15)4-12(14)5-11/h3-5,9H,7-8H2,1-2H3. The van der Waals surface area contributed by atoms with Crippen LogP contribution in [0, 0.1) is 23.1 Å². The average molecular weight is 283 g/mol. The lowest BCUT2D eigenvalue weighted by atomic mass is 10.1. The van der Waals surface area contributed by atoms with E-state index >= 15 is 0 Å². The predicted octanol–water partition coefficient (Wildman–Crippen LogP) is 1.76. The Kier molecular flexibility index (Phi) is 5.64. The van der Waals surface area contributed by atoms with Crippen molar-refractivity contribution in [3.8, 4) is 6.07 Å². The number of carbonyl (C=O) groups excluding carboxylic acids is 1. The Hall–Kier alpha value is -1.74. The van der Waals surface area contributed by atoms with E-state index in [1.807, 2.05) is 6.07 Å². The van der Waals surface area contributed by atoms with Crippen LogP contribution in [-0.2, 0) is 26.1 Å². The Balaban J connectivity index is 2.70. The van der Waals surface area contributed by atoms with Crippen molar-refractivity contribution in [2.24, 2.45) is 5.92 Å². The molecule has 0 N–H and O–H groups in total. The smallest absolute Gasteiger partial charge is 0.309 e. The van der Waals surface area contributed by atoms with Gasteiger partial charge >= 0.3 is 5.97 Å². The fourth-order valence-corrected chi connectivity index (χ4v) is 2.94. The van der Waals surface area contributed by atoms with Gasteiger partial charge in [-0.3, -0.25) is 9.00 Å². The molecule has 0 amide bonds. The van der Waals surface area contributed by atoms with Gasteiger partial charge in [0, 0.05) is 22.3 Å². The highest BCUT2D eigenvalue weighted by Crippen LogP contribution is 2.12. The van der Waals surface area contributed by atoms with Gasteiger partial charge in [0.05, 0.1) is 24.7 Å². The fraction of sp³-hybridized carbons (Fsp3) is 0.385. The predicted molar refractivity (Wildman–Crippen MR) is 69.0 cm³/mol. The van der Waals surface area contributed by atoms with Crippen molar-refractivity contribution in [2.45, 2.75) is 12.7 Å². The molecule has 1 aromatic rings. The Morgan fingerprint density at radius 3 is 2.79 bits per heavy atom. The lowest BCUT2D eigenvalue weighted by Crippen LogP contribution is -2.20. The molecule has 2 unspecified atom stereocenters. The van der Waals surface area contributed by atoms with Crippen molar-refractivity contribution in [1.82, 2.24) is 0 Å². The number of rotatable bonds is 5. The van der Waals surface area contributed by atoms with Crippen LogP contribution in [0.2, 0.25) is 0 Å². The summed E-state index contributed by atoms with van der Waals surface area (Å²) in [5.74, 6) is -1.19. The zero-order valence-corrected chi connectivity index (χ0v) is 11.5. The summed E-state index contributed by atoms with van der Waals surface area (Å²) < 4.78 is 29.6. The third-order valence-electron chi connectivity index (χ3n) is 2.45. The maximum absolute atomic E-state index is 13.2. The van der Waals surface area contributed by atoms with E-state index in [9.17, 15) is 13.4 Å². The molecule has 0 saturated heterocycles. The van der Waals surface area contributed by atoms with Crippen molar-refractivity contribution < 1.29 is 18.1 Å². The Morgan fingerprint density at radius 1 is 1.53 bits per heavy atom. The second-order valence-corrected chi connectivity index (χ2v) is 5.64. The summed E-state index contributed by atoms with van der Waals surface area (Å²) >= 11 is 0. The van der Waals surface area contributed by atoms with Crippen LogP contribution in [0.5, 0.6) is 0 Å². The first-order valence-corrected chi connectivity index (χ1v) is 7.07. The summed E-state index contributed by atoms with van der Waals surface area (Å²) in [5, 5.41) is 8.72. The lowest BCUT2D eigenvalue weighted by molar-refractivity contribution is -0.144. The zero-order chi connectivity index (χ0) is 14.4. The van der Waals surface area contributed by atoms with Gasteiger partial charge in [-0.2, -0.15) is 5.26 Å². The van der Waals surface area contributed by atoms with E-state index in [1.165, 1.54) is 19.2 Å². The first kappa shape index (κ1) is 15.3. The van der Waals surface area contributed by atoms with E-state index in [0.29, 0.717) is 5.56 Å². The van der Waals surface area contributed by atoms with Gasteiger partial charge in [0.15, 0.2) is 0 Å². The van der Waals surface area contributed by atoms with Crippen LogP contribution in [0.3, 0.4) is 0 Å². The molecule has 2 atom stereocenters. The number of methoxy groups -OCH3 is 1. The van der Waals surface area contributed by atoms with Crippen molar-refractivity contribution >= 4 is 16.8 Å². The SMILES string of the molecule is COC(=O)C(C)CS(=O)Cc1cc(F)cc(C#N)c1. The van der Waals surface area contributed by atoms with Gasteiger partial charge in [0.1, 0.15) is 5.82 Å². The van der Waals surface area contributed by atoms with Crippen molar-refractivity contribution in [3.63, 3.8) is 0 Å². The normalized spacial score (nSPS) is 13.4. The van der Waals surface area contributed by atoms with E-state index in [-0.39, 0.29) is 17.1 Å². The maximum atomic E-state index is 13.2. The summed E-state index contributed by atoms with van der Waals surface area (Å²) in [7, 11) is -0.0474. The van der Waals surface area contributed by atoms with E-state index < -0.39 is 28.5 Å². The summed E-state index contributed by atoms with van der Waals surface area (Å²) in [6.07, 6.45) is 0. The molecule has 0 saturated carbocycles. The third-order valence-corrected chi connectivity index (χ3v) is 3.98. The minimum atomic E-state index is -1.32. The quantitative estimate of drug-likeness (QED) is 0.772. The minimum Gasteiger partial charge on any atom is -0.469 e. The number of nitriles is 1. The monoisotopic (exact) mass is 283 g/mol. The van der Waals surface area contributed by atoms with E-state index in [1.54, 1.807) is 6.92 Å². The summed E-state index contributed by atoms with van der Waals surface area (Å²) in [6, 6.07) is 5.68. The highest BCUT2D eigenvalue weighted by Gasteiger charge is 2.17. The van der Waals surface area contributed by atoms with Gasteiger partial charge in [-0.15, -0.1) is 0 Å². The number of esters is 1. The van der Waals surface area contributed by atoms with Crippen LogP contribution in [0.15, 0.2) is 18.2 Å². The number of carbonyl (C=O) groups is 1. The number of hydrogen-bond acceptors (Lipinski definition) is 4. The van der Waals surface area contributed by atoms with Crippen LogP contribution < -0.4 is 0 Å². The molecule has 0 fully saturated rings. The van der Waals surface area contributed by atoms with Crippen LogP contribution in [-0.4, -0.2) is 23.0 Å². The molecule has 0 radical (unpaired) electrons. The van der Waals surface area contributed by atoms with Crippen molar-refractivity contribution in [3.05, 3.63) is 35.1 Å². The van der Waals surface area contributed by atoms with Gasteiger partial charge in [-0.25, -0.2) is 4.39 Å². The van der Waals surface area contributed by atoms with Crippen LogP contribution in [0.25, 0.3) is 0 Å². The molecule has 19 heavy (non-hydrogen) atoms. The molecule has 102 valence electrons. The second kappa shape index (κ2) is 7.00. The average Bonchev–Trinajstić information content (AvgIpc) is 2.36. The highest BCUT2D eigenvalue weighted by atomic mass is 32.2. The Labute approximate surface area is 113 Å². The molecular formula is C13H14FNO3S. The summed E-state index contributed by atoms with van der Waals surface area (Å²) in [4.78, 5) is 11.2. The molecule has 0 aliphatic carbocycles. The third kappa shape index (κ3) is 4.79. The van der Waals surface area contributed by atoms with Crippen molar-refractivity contribution in [2.75, 3.05) is 12.9 Å². The van der Waals surface area contributed by atoms with Crippen LogP contribution >= 0.6 is 0 Å². The van der Waals surface area contributed by atoms with Gasteiger partial charge in [-0.05, 0) is 23.8 Å². The van der Waals surface area contributed by atoms with E-state index in [4.69, 9.17) is 5.26 Å². The van der Waals surface area contributed by atoms with Gasteiger partial charge in [0.2, 0.25) is 0 Å². The zero-order valence-electron chi connectivity index (χ0n) is 10.7. The second-order valence-electron chi connectivity index (χ2n) is 4.13. The van der Waals surface area contributed by atoms with Crippen molar-refractivity contribution in [1.29, 1.82) is 5.26 Å².